The molecule has 0 N–H and O–H groups in total. The zero-order chi connectivity index (χ0) is 19.5. The summed E-state index contributed by atoms with van der Waals surface area (Å²) in [6, 6.07) is 6.13. The Balaban J connectivity index is 1.27. The van der Waals surface area contributed by atoms with Crippen LogP contribution in [-0.4, -0.2) is 69.9 Å². The molecule has 1 saturated heterocycles. The lowest BCUT2D eigenvalue weighted by Gasteiger charge is -2.35. The highest BCUT2D eigenvalue weighted by atomic mass is 32.2. The SMILES string of the molecule is CC(=O)N(c1nnc(SCC(=O)N2CCN(c3ccccn3)CC2)s1)C1CC1. The van der Waals surface area contributed by atoms with E-state index in [1.807, 2.05) is 23.1 Å². The smallest absolute Gasteiger partial charge is 0.233 e. The van der Waals surface area contributed by atoms with E-state index in [1.54, 1.807) is 18.0 Å². The zero-order valence-corrected chi connectivity index (χ0v) is 17.3. The first-order chi connectivity index (χ1) is 13.6. The number of aromatic nitrogens is 3. The summed E-state index contributed by atoms with van der Waals surface area (Å²) in [5.41, 5.74) is 0. The Morgan fingerprint density at radius 1 is 1.21 bits per heavy atom. The van der Waals surface area contributed by atoms with Crippen LogP contribution in [0.5, 0.6) is 0 Å². The maximum Gasteiger partial charge on any atom is 0.233 e. The van der Waals surface area contributed by atoms with E-state index in [9.17, 15) is 9.59 Å². The van der Waals surface area contributed by atoms with Crippen molar-refractivity contribution in [3.63, 3.8) is 0 Å². The second-order valence-corrected chi connectivity index (χ2v) is 8.99. The van der Waals surface area contributed by atoms with Crippen LogP contribution >= 0.6 is 23.1 Å². The van der Waals surface area contributed by atoms with Crippen molar-refractivity contribution in [2.45, 2.75) is 30.1 Å². The first kappa shape index (κ1) is 19.1. The third-order valence-corrected chi connectivity index (χ3v) is 6.82. The molecule has 148 valence electrons. The van der Waals surface area contributed by atoms with Crippen molar-refractivity contribution >= 4 is 45.9 Å². The van der Waals surface area contributed by atoms with Gasteiger partial charge in [-0.3, -0.25) is 14.5 Å². The molecule has 28 heavy (non-hydrogen) atoms. The first-order valence-electron chi connectivity index (χ1n) is 9.31. The Bertz CT molecular complexity index is 834. The number of pyridine rings is 1. The number of hydrogen-bond acceptors (Lipinski definition) is 8. The van der Waals surface area contributed by atoms with Crippen LogP contribution in [0.15, 0.2) is 28.7 Å². The Hall–Kier alpha value is -2.20. The van der Waals surface area contributed by atoms with Crippen LogP contribution in [-0.2, 0) is 9.59 Å². The van der Waals surface area contributed by atoms with Crippen molar-refractivity contribution in [2.75, 3.05) is 41.7 Å². The number of anilines is 2. The molecule has 0 atom stereocenters. The number of carbonyl (C=O) groups is 2. The van der Waals surface area contributed by atoms with Crippen LogP contribution in [0.25, 0.3) is 0 Å². The van der Waals surface area contributed by atoms with E-state index >= 15 is 0 Å². The average molecular weight is 419 g/mol. The van der Waals surface area contributed by atoms with Gasteiger partial charge in [0.05, 0.1) is 5.75 Å². The molecule has 2 amide bonds. The van der Waals surface area contributed by atoms with Gasteiger partial charge in [-0.2, -0.15) is 0 Å². The molecular formula is C18H22N6O2S2. The minimum Gasteiger partial charge on any atom is -0.353 e. The minimum atomic E-state index is -0.00273. The standard InChI is InChI=1S/C18H22N6O2S2/c1-13(25)24(14-5-6-14)17-20-21-18(28-17)27-12-16(26)23-10-8-22(9-11-23)15-4-2-3-7-19-15/h2-4,7,14H,5-6,8-12H2,1H3. The first-order valence-corrected chi connectivity index (χ1v) is 11.1. The van der Waals surface area contributed by atoms with E-state index in [0.717, 1.165) is 36.1 Å². The summed E-state index contributed by atoms with van der Waals surface area (Å²) in [6.45, 7) is 4.51. The summed E-state index contributed by atoms with van der Waals surface area (Å²) in [4.78, 5) is 34.5. The molecule has 0 unspecified atom stereocenters. The van der Waals surface area contributed by atoms with Crippen LogP contribution < -0.4 is 9.80 Å². The van der Waals surface area contributed by atoms with Gasteiger partial charge in [-0.1, -0.05) is 29.2 Å². The summed E-state index contributed by atoms with van der Waals surface area (Å²) in [5.74, 6) is 1.39. The fraction of sp³-hybridized carbons (Fsp3) is 0.500. The van der Waals surface area contributed by atoms with Crippen LogP contribution in [0.4, 0.5) is 10.9 Å². The molecule has 1 saturated carbocycles. The average Bonchev–Trinajstić information content (AvgIpc) is 3.44. The van der Waals surface area contributed by atoms with Crippen molar-refractivity contribution in [3.05, 3.63) is 24.4 Å². The topological polar surface area (TPSA) is 82.5 Å². The number of nitrogens with zero attached hydrogens (tertiary/aromatic N) is 6. The van der Waals surface area contributed by atoms with Crippen molar-refractivity contribution in [1.29, 1.82) is 0 Å². The Morgan fingerprint density at radius 2 is 2.00 bits per heavy atom. The molecular weight excluding hydrogens is 396 g/mol. The van der Waals surface area contributed by atoms with Gasteiger partial charge in [-0.25, -0.2) is 4.98 Å². The van der Waals surface area contributed by atoms with E-state index in [2.05, 4.69) is 20.1 Å². The molecule has 4 rings (SSSR count). The number of carbonyl (C=O) groups excluding carboxylic acids is 2. The molecule has 2 aliphatic rings. The normalized spacial score (nSPS) is 16.9. The molecule has 8 nitrogen and oxygen atoms in total. The molecule has 1 aliphatic heterocycles. The molecule has 1 aliphatic carbocycles. The fourth-order valence-corrected chi connectivity index (χ4v) is 5.04. The molecule has 3 heterocycles. The predicted molar refractivity (Wildman–Crippen MR) is 110 cm³/mol. The lowest BCUT2D eigenvalue weighted by Crippen LogP contribution is -2.49. The predicted octanol–water partition coefficient (Wildman–Crippen LogP) is 1.89. The highest BCUT2D eigenvalue weighted by molar-refractivity contribution is 8.01. The maximum atomic E-state index is 12.5. The van der Waals surface area contributed by atoms with Crippen LogP contribution in [0.1, 0.15) is 19.8 Å². The quantitative estimate of drug-likeness (QED) is 0.523. The number of thioether (sulfide) groups is 1. The minimum absolute atomic E-state index is 0.00273. The Kier molecular flexibility index (Phi) is 5.77. The summed E-state index contributed by atoms with van der Waals surface area (Å²) >= 11 is 2.77. The van der Waals surface area contributed by atoms with Crippen molar-refractivity contribution in [2.24, 2.45) is 0 Å². The molecule has 0 spiro atoms. The van der Waals surface area contributed by atoms with Crippen molar-refractivity contribution in [1.82, 2.24) is 20.1 Å². The highest BCUT2D eigenvalue weighted by Gasteiger charge is 2.34. The van der Waals surface area contributed by atoms with Gasteiger partial charge >= 0.3 is 0 Å². The van der Waals surface area contributed by atoms with Gasteiger partial charge in [0.1, 0.15) is 5.82 Å². The Morgan fingerprint density at radius 3 is 2.64 bits per heavy atom. The molecule has 0 bridgehead atoms. The Labute approximate surface area is 171 Å². The summed E-state index contributed by atoms with van der Waals surface area (Å²) in [6.07, 6.45) is 3.82. The maximum absolute atomic E-state index is 12.5. The molecule has 10 heteroatoms. The van der Waals surface area contributed by atoms with Crippen molar-refractivity contribution in [3.8, 4) is 0 Å². The number of amides is 2. The van der Waals surface area contributed by atoms with Gasteiger partial charge in [0, 0.05) is 45.3 Å². The van der Waals surface area contributed by atoms with Crippen LogP contribution in [0.2, 0.25) is 0 Å². The van der Waals surface area contributed by atoms with Crippen LogP contribution in [0, 0.1) is 0 Å². The largest absolute Gasteiger partial charge is 0.353 e. The van der Waals surface area contributed by atoms with E-state index < -0.39 is 0 Å². The number of piperazine rings is 1. The van der Waals surface area contributed by atoms with E-state index in [1.165, 1.54) is 23.1 Å². The zero-order valence-electron chi connectivity index (χ0n) is 15.7. The highest BCUT2D eigenvalue weighted by Crippen LogP contribution is 2.35. The lowest BCUT2D eigenvalue weighted by molar-refractivity contribution is -0.128. The van der Waals surface area contributed by atoms with Gasteiger partial charge in [-0.15, -0.1) is 10.2 Å². The van der Waals surface area contributed by atoms with Gasteiger partial charge in [0.2, 0.25) is 16.9 Å². The van der Waals surface area contributed by atoms with Gasteiger partial charge < -0.3 is 9.80 Å². The second kappa shape index (κ2) is 8.44. The summed E-state index contributed by atoms with van der Waals surface area (Å²) < 4.78 is 0.724. The van der Waals surface area contributed by atoms with Crippen LogP contribution in [0.3, 0.4) is 0 Å². The second-order valence-electron chi connectivity index (χ2n) is 6.82. The third-order valence-electron chi connectivity index (χ3n) is 4.78. The molecule has 2 aromatic rings. The van der Waals surface area contributed by atoms with E-state index in [4.69, 9.17) is 0 Å². The number of hydrogen-bond donors (Lipinski definition) is 0. The lowest BCUT2D eigenvalue weighted by atomic mass is 10.3. The molecule has 0 radical (unpaired) electrons. The molecule has 0 aromatic carbocycles. The molecule has 2 aromatic heterocycles. The van der Waals surface area contributed by atoms with Gasteiger partial charge in [0.15, 0.2) is 4.34 Å². The monoisotopic (exact) mass is 418 g/mol. The third kappa shape index (κ3) is 4.44. The molecule has 2 fully saturated rings. The fourth-order valence-electron chi connectivity index (χ4n) is 3.18. The van der Waals surface area contributed by atoms with Gasteiger partial charge in [0.25, 0.3) is 0 Å². The van der Waals surface area contributed by atoms with Crippen molar-refractivity contribution < 1.29 is 9.59 Å². The summed E-state index contributed by atoms with van der Waals surface area (Å²) in [7, 11) is 0. The van der Waals surface area contributed by atoms with E-state index in [0.29, 0.717) is 24.0 Å². The summed E-state index contributed by atoms with van der Waals surface area (Å²) in [5, 5.41) is 8.93. The number of rotatable bonds is 6. The van der Waals surface area contributed by atoms with Gasteiger partial charge in [-0.05, 0) is 25.0 Å². The van der Waals surface area contributed by atoms with E-state index in [-0.39, 0.29) is 17.9 Å².